The molecule has 0 spiro atoms. The lowest BCUT2D eigenvalue weighted by Crippen LogP contribution is -2.55. The summed E-state index contributed by atoms with van der Waals surface area (Å²) in [5, 5.41) is 15.6. The zero-order valence-electron chi connectivity index (χ0n) is 17.5. The second-order valence-corrected chi connectivity index (χ2v) is 7.64. The van der Waals surface area contributed by atoms with Crippen LogP contribution < -0.4 is 10.5 Å². The predicted molar refractivity (Wildman–Crippen MR) is 119 cm³/mol. The van der Waals surface area contributed by atoms with Gasteiger partial charge in [-0.15, -0.1) is 0 Å². The lowest BCUT2D eigenvalue weighted by atomic mass is 9.90. The second-order valence-electron chi connectivity index (χ2n) is 7.64. The molecule has 0 aliphatic carbocycles. The smallest absolute Gasteiger partial charge is 0.303 e. The molecule has 3 rings (SSSR count). The van der Waals surface area contributed by atoms with Crippen molar-refractivity contribution in [2.24, 2.45) is 10.8 Å². The van der Waals surface area contributed by atoms with Gasteiger partial charge < -0.3 is 15.6 Å². The minimum Gasteiger partial charge on any atom is -0.497 e. The van der Waals surface area contributed by atoms with Gasteiger partial charge >= 0.3 is 5.97 Å². The van der Waals surface area contributed by atoms with Gasteiger partial charge in [0.25, 0.3) is 0 Å². The molecule has 2 aromatic rings. The number of allylic oxidation sites excluding steroid dienone is 1. The van der Waals surface area contributed by atoms with Crippen LogP contribution in [0.25, 0.3) is 0 Å². The summed E-state index contributed by atoms with van der Waals surface area (Å²) in [6, 6.07) is 18.0. The molecule has 0 saturated carbocycles. The van der Waals surface area contributed by atoms with E-state index in [4.69, 9.17) is 20.7 Å². The van der Waals surface area contributed by atoms with E-state index >= 15 is 0 Å². The first-order valence-corrected chi connectivity index (χ1v) is 10.2. The molecular formula is C24H29N3O3. The maximum Gasteiger partial charge on any atom is 0.303 e. The van der Waals surface area contributed by atoms with Gasteiger partial charge in [-0.1, -0.05) is 42.5 Å². The first-order chi connectivity index (χ1) is 14.4. The summed E-state index contributed by atoms with van der Waals surface area (Å²) in [6.45, 7) is 2.43. The number of nitrogens with two attached hydrogens (primary N) is 1. The number of carboxylic acids is 1. The number of ether oxygens (including phenoxy) is 1. The largest absolute Gasteiger partial charge is 0.497 e. The highest BCUT2D eigenvalue weighted by Crippen LogP contribution is 2.29. The number of hydrogen-bond acceptors (Lipinski definition) is 5. The number of benzene rings is 2. The fraction of sp³-hybridized carbons (Fsp3) is 0.333. The van der Waals surface area contributed by atoms with E-state index in [0.29, 0.717) is 13.0 Å². The Balaban J connectivity index is 1.83. The topological polar surface area (TPSA) is 88.1 Å². The zero-order chi connectivity index (χ0) is 21.6. The summed E-state index contributed by atoms with van der Waals surface area (Å²) < 4.78 is 5.23. The van der Waals surface area contributed by atoms with Gasteiger partial charge in [0.2, 0.25) is 0 Å². The van der Waals surface area contributed by atoms with Gasteiger partial charge in [0.05, 0.1) is 12.8 Å². The van der Waals surface area contributed by atoms with Crippen LogP contribution in [0.4, 0.5) is 0 Å². The van der Waals surface area contributed by atoms with Crippen molar-refractivity contribution in [3.05, 3.63) is 77.4 Å². The number of aliphatic carboxylic acids is 1. The van der Waals surface area contributed by atoms with E-state index in [-0.39, 0.29) is 6.42 Å². The van der Waals surface area contributed by atoms with Crippen LogP contribution in [-0.2, 0) is 11.2 Å². The third-order valence-electron chi connectivity index (χ3n) is 5.40. The number of aryl methyl sites for hydroxylation is 1. The normalized spacial score (nSPS) is 18.6. The first-order valence-electron chi connectivity index (χ1n) is 10.2. The Labute approximate surface area is 177 Å². The monoisotopic (exact) mass is 407 g/mol. The summed E-state index contributed by atoms with van der Waals surface area (Å²) in [4.78, 5) is 11.0. The molecule has 2 aromatic carbocycles. The van der Waals surface area contributed by atoms with E-state index in [1.165, 1.54) is 5.56 Å². The van der Waals surface area contributed by atoms with E-state index in [9.17, 15) is 4.79 Å². The highest BCUT2D eigenvalue weighted by Gasteiger charge is 2.34. The number of rotatable bonds is 9. The maximum absolute atomic E-state index is 11.0. The van der Waals surface area contributed by atoms with E-state index in [2.05, 4.69) is 18.2 Å². The summed E-state index contributed by atoms with van der Waals surface area (Å²) >= 11 is 0. The molecule has 158 valence electrons. The molecular weight excluding hydrogens is 378 g/mol. The Morgan fingerprint density at radius 3 is 2.47 bits per heavy atom. The molecule has 1 atom stereocenters. The molecule has 6 heteroatoms. The number of carboxylic acid groups (broad SMARTS) is 1. The van der Waals surface area contributed by atoms with Crippen LogP contribution in [0.15, 0.2) is 71.3 Å². The summed E-state index contributed by atoms with van der Waals surface area (Å²) in [5.41, 5.74) is 10.1. The van der Waals surface area contributed by atoms with Crippen LogP contribution in [0.3, 0.4) is 0 Å². The van der Waals surface area contributed by atoms with Crippen molar-refractivity contribution in [1.82, 2.24) is 5.01 Å². The Morgan fingerprint density at radius 2 is 1.83 bits per heavy atom. The molecule has 1 unspecified atom stereocenters. The summed E-state index contributed by atoms with van der Waals surface area (Å²) in [6.07, 6.45) is 4.27. The molecule has 0 radical (unpaired) electrons. The van der Waals surface area contributed by atoms with Crippen molar-refractivity contribution in [2.75, 3.05) is 13.7 Å². The van der Waals surface area contributed by atoms with E-state index in [1.807, 2.05) is 54.4 Å². The zero-order valence-corrected chi connectivity index (χ0v) is 17.5. The van der Waals surface area contributed by atoms with E-state index < -0.39 is 11.6 Å². The van der Waals surface area contributed by atoms with Crippen molar-refractivity contribution in [3.8, 4) is 5.75 Å². The Morgan fingerprint density at radius 1 is 1.13 bits per heavy atom. The van der Waals surface area contributed by atoms with Crippen molar-refractivity contribution >= 4 is 11.7 Å². The van der Waals surface area contributed by atoms with Crippen molar-refractivity contribution in [1.29, 1.82) is 0 Å². The number of carbonyl (C=O) groups is 1. The van der Waals surface area contributed by atoms with Gasteiger partial charge in [-0.25, -0.2) is 0 Å². The number of hydrogen-bond donors (Lipinski definition) is 2. The molecule has 1 aliphatic rings. The van der Waals surface area contributed by atoms with Crippen LogP contribution in [0.1, 0.15) is 37.3 Å². The van der Waals surface area contributed by atoms with Crippen molar-refractivity contribution < 1.29 is 14.6 Å². The number of methoxy groups -OCH3 is 1. The van der Waals surface area contributed by atoms with Gasteiger partial charge in [0, 0.05) is 18.5 Å². The van der Waals surface area contributed by atoms with Crippen LogP contribution in [0, 0.1) is 0 Å². The maximum atomic E-state index is 11.0. The van der Waals surface area contributed by atoms with Crippen LogP contribution >= 0.6 is 0 Å². The molecule has 6 nitrogen and oxygen atoms in total. The standard InChI is InChI=1S/C24H29N3O3/c1-24(25)20(13-10-18-11-14-21(30-2)15-12-18)17-22(19-7-4-3-5-8-19)26-27(24)16-6-9-23(28)29/h3-5,7-8,11-12,14-15,17H,6,9-10,13,16,25H2,1-2H3,(H,28,29). The Bertz CT molecular complexity index is 918. The molecule has 0 amide bonds. The van der Waals surface area contributed by atoms with Crippen LogP contribution in [0.2, 0.25) is 0 Å². The van der Waals surface area contributed by atoms with Crippen molar-refractivity contribution in [2.45, 2.75) is 38.3 Å². The minimum absolute atomic E-state index is 0.0909. The Kier molecular flexibility index (Phi) is 6.90. The van der Waals surface area contributed by atoms with Crippen LogP contribution in [-0.4, -0.2) is 41.1 Å². The molecule has 0 fully saturated rings. The van der Waals surface area contributed by atoms with Gasteiger partial charge in [-0.3, -0.25) is 9.80 Å². The average Bonchev–Trinajstić information content (AvgIpc) is 2.74. The van der Waals surface area contributed by atoms with Gasteiger partial charge in [0.15, 0.2) is 0 Å². The minimum atomic E-state index is -0.812. The Hall–Kier alpha value is -3.12. The molecule has 1 heterocycles. The highest BCUT2D eigenvalue weighted by molar-refractivity contribution is 6.09. The molecule has 30 heavy (non-hydrogen) atoms. The van der Waals surface area contributed by atoms with Gasteiger partial charge in [-0.05, 0) is 55.5 Å². The molecule has 0 bridgehead atoms. The second kappa shape index (κ2) is 9.59. The van der Waals surface area contributed by atoms with Crippen LogP contribution in [0.5, 0.6) is 5.75 Å². The lowest BCUT2D eigenvalue weighted by Gasteiger charge is -2.41. The first kappa shape index (κ1) is 21.6. The summed E-state index contributed by atoms with van der Waals surface area (Å²) in [7, 11) is 1.66. The molecule has 3 N–H and O–H groups in total. The number of hydrazone groups is 1. The fourth-order valence-electron chi connectivity index (χ4n) is 3.55. The molecule has 0 aromatic heterocycles. The SMILES string of the molecule is COc1ccc(CCC2=CC(c3ccccc3)=NN(CCCC(=O)O)C2(C)N)cc1. The lowest BCUT2D eigenvalue weighted by molar-refractivity contribution is -0.137. The van der Waals surface area contributed by atoms with E-state index in [1.54, 1.807) is 7.11 Å². The average molecular weight is 408 g/mol. The summed E-state index contributed by atoms with van der Waals surface area (Å²) in [5.74, 6) is 0.0238. The van der Waals surface area contributed by atoms with Gasteiger partial charge in [0.1, 0.15) is 11.4 Å². The van der Waals surface area contributed by atoms with Crippen molar-refractivity contribution in [3.63, 3.8) is 0 Å². The highest BCUT2D eigenvalue weighted by atomic mass is 16.5. The molecule has 0 saturated heterocycles. The third kappa shape index (κ3) is 5.27. The predicted octanol–water partition coefficient (Wildman–Crippen LogP) is 3.81. The van der Waals surface area contributed by atoms with Gasteiger partial charge in [-0.2, -0.15) is 5.10 Å². The molecule has 1 aliphatic heterocycles. The van der Waals surface area contributed by atoms with E-state index in [0.717, 1.165) is 35.4 Å². The number of nitrogens with zero attached hydrogens (tertiary/aromatic N) is 2. The fourth-order valence-corrected chi connectivity index (χ4v) is 3.55. The third-order valence-corrected chi connectivity index (χ3v) is 5.40. The quantitative estimate of drug-likeness (QED) is 0.660.